The Morgan fingerprint density at radius 2 is 1.62 bits per heavy atom. The molecule has 0 aliphatic heterocycles. The molecule has 0 saturated carbocycles. The van der Waals surface area contributed by atoms with Crippen molar-refractivity contribution in [1.82, 2.24) is 14.7 Å². The van der Waals surface area contributed by atoms with Crippen molar-refractivity contribution in [1.29, 1.82) is 0 Å². The van der Waals surface area contributed by atoms with Crippen LogP contribution in [0.2, 0.25) is 0 Å². The molecule has 3 aromatic rings. The molecule has 39 heavy (non-hydrogen) atoms. The van der Waals surface area contributed by atoms with E-state index in [2.05, 4.69) is 10.6 Å². The minimum atomic E-state index is -4.47. The molecule has 0 fully saturated rings. The lowest BCUT2D eigenvalue weighted by molar-refractivity contribution is -0.137. The molecule has 0 atom stereocenters. The van der Waals surface area contributed by atoms with Crippen LogP contribution < -0.4 is 10.6 Å². The summed E-state index contributed by atoms with van der Waals surface area (Å²) in [6.45, 7) is 13.9. The Morgan fingerprint density at radius 1 is 0.974 bits per heavy atom. The zero-order valence-corrected chi connectivity index (χ0v) is 23.4. The Bertz CT molecular complexity index is 1320. The van der Waals surface area contributed by atoms with Gasteiger partial charge in [0, 0.05) is 23.7 Å². The minimum Gasteiger partial charge on any atom is -0.315 e. The molecule has 1 aromatic heterocycles. The number of carbonyl (C=O) groups is 2. The fourth-order valence-electron chi connectivity index (χ4n) is 4.02. The number of rotatable bonds is 7. The molecule has 210 valence electrons. The first-order valence-corrected chi connectivity index (χ1v) is 12.8. The molecule has 1 heterocycles. The van der Waals surface area contributed by atoms with Crippen LogP contribution in [0, 0.1) is 19.8 Å². The van der Waals surface area contributed by atoms with Gasteiger partial charge in [-0.3, -0.25) is 4.79 Å². The number of carbonyl (C=O) groups excluding carboxylic acids is 2. The first-order valence-electron chi connectivity index (χ1n) is 12.8. The summed E-state index contributed by atoms with van der Waals surface area (Å²) in [6.07, 6.45) is -4.47. The van der Waals surface area contributed by atoms with Crippen molar-refractivity contribution >= 4 is 23.4 Å². The predicted octanol–water partition coefficient (Wildman–Crippen LogP) is 6.93. The van der Waals surface area contributed by atoms with E-state index in [-0.39, 0.29) is 30.1 Å². The van der Waals surface area contributed by atoms with Gasteiger partial charge >= 0.3 is 12.2 Å². The van der Waals surface area contributed by atoms with Crippen LogP contribution in [-0.4, -0.2) is 39.7 Å². The van der Waals surface area contributed by atoms with Gasteiger partial charge in [0.25, 0.3) is 0 Å². The standard InChI is InChI=1S/C29H36F3N5O2/c1-18(2)16-36(27(39)33-22-11-9-21(10-12-22)29(30,31)32)17-26(38)34-25-15-24(28(5,6)7)35-37(25)23-13-8-19(3)14-20(23)4/h8-15,18H,16-17H2,1-7H3,(H,33,39)(H,34,38). The van der Waals surface area contributed by atoms with Gasteiger partial charge in [0.05, 0.1) is 16.9 Å². The van der Waals surface area contributed by atoms with Gasteiger partial charge in [-0.15, -0.1) is 0 Å². The van der Waals surface area contributed by atoms with E-state index in [1.165, 1.54) is 17.0 Å². The third-order valence-electron chi connectivity index (χ3n) is 6.00. The molecule has 10 heteroatoms. The molecule has 0 aliphatic carbocycles. The molecule has 0 spiro atoms. The number of amides is 3. The fraction of sp³-hybridized carbons (Fsp3) is 0.414. The van der Waals surface area contributed by atoms with Crippen molar-refractivity contribution in [3.8, 4) is 5.69 Å². The van der Waals surface area contributed by atoms with Gasteiger partial charge in [0.1, 0.15) is 12.4 Å². The van der Waals surface area contributed by atoms with Gasteiger partial charge in [0.2, 0.25) is 5.91 Å². The highest BCUT2D eigenvalue weighted by atomic mass is 19.4. The quantitative estimate of drug-likeness (QED) is 0.339. The van der Waals surface area contributed by atoms with Crippen LogP contribution in [0.5, 0.6) is 0 Å². The number of benzene rings is 2. The van der Waals surface area contributed by atoms with E-state index in [1.807, 2.05) is 72.7 Å². The highest BCUT2D eigenvalue weighted by molar-refractivity contribution is 5.96. The maximum Gasteiger partial charge on any atom is 0.416 e. The van der Waals surface area contributed by atoms with Crippen LogP contribution in [0.25, 0.3) is 5.69 Å². The van der Waals surface area contributed by atoms with E-state index in [9.17, 15) is 22.8 Å². The Morgan fingerprint density at radius 3 is 2.15 bits per heavy atom. The van der Waals surface area contributed by atoms with Crippen molar-refractivity contribution < 1.29 is 22.8 Å². The number of alkyl halides is 3. The summed E-state index contributed by atoms with van der Waals surface area (Å²) < 4.78 is 40.3. The summed E-state index contributed by atoms with van der Waals surface area (Å²) in [6, 6.07) is 11.4. The Kier molecular flexibility index (Phi) is 8.77. The van der Waals surface area contributed by atoms with Crippen molar-refractivity contribution in [2.45, 2.75) is 60.1 Å². The maximum atomic E-state index is 13.2. The summed E-state index contributed by atoms with van der Waals surface area (Å²) in [5, 5.41) is 10.3. The molecule has 7 nitrogen and oxygen atoms in total. The largest absolute Gasteiger partial charge is 0.416 e. The topological polar surface area (TPSA) is 79.3 Å². The van der Waals surface area contributed by atoms with Crippen LogP contribution in [-0.2, 0) is 16.4 Å². The van der Waals surface area contributed by atoms with Gasteiger partial charge in [-0.2, -0.15) is 18.3 Å². The average Bonchev–Trinajstić information content (AvgIpc) is 3.22. The Hall–Kier alpha value is -3.82. The number of aryl methyl sites for hydroxylation is 2. The summed E-state index contributed by atoms with van der Waals surface area (Å²) in [5.41, 5.74) is 2.83. The van der Waals surface area contributed by atoms with Crippen LogP contribution in [0.3, 0.4) is 0 Å². The number of hydrogen-bond donors (Lipinski definition) is 2. The van der Waals surface area contributed by atoms with Crippen molar-refractivity contribution in [2.75, 3.05) is 23.7 Å². The number of halogens is 3. The molecule has 0 unspecified atom stereocenters. The van der Waals surface area contributed by atoms with Crippen LogP contribution in [0.1, 0.15) is 57.0 Å². The van der Waals surface area contributed by atoms with Crippen molar-refractivity contribution in [2.24, 2.45) is 5.92 Å². The lowest BCUT2D eigenvalue weighted by Gasteiger charge is -2.24. The van der Waals surface area contributed by atoms with Gasteiger partial charge in [0.15, 0.2) is 0 Å². The second-order valence-corrected chi connectivity index (χ2v) is 11.2. The van der Waals surface area contributed by atoms with E-state index in [1.54, 1.807) is 4.68 Å². The zero-order valence-electron chi connectivity index (χ0n) is 23.4. The first-order chi connectivity index (χ1) is 18.0. The van der Waals surface area contributed by atoms with Crippen LogP contribution in [0.4, 0.5) is 29.5 Å². The molecule has 0 bridgehead atoms. The zero-order chi connectivity index (χ0) is 29.1. The first kappa shape index (κ1) is 29.7. The molecule has 0 radical (unpaired) electrons. The highest BCUT2D eigenvalue weighted by Crippen LogP contribution is 2.30. The number of nitrogens with zero attached hydrogens (tertiary/aromatic N) is 3. The average molecular weight is 544 g/mol. The maximum absolute atomic E-state index is 13.2. The van der Waals surface area contributed by atoms with E-state index >= 15 is 0 Å². The van der Waals surface area contributed by atoms with Gasteiger partial charge in [-0.25, -0.2) is 9.48 Å². The number of aromatic nitrogens is 2. The molecule has 3 amide bonds. The van der Waals surface area contributed by atoms with Crippen LogP contribution >= 0.6 is 0 Å². The predicted molar refractivity (Wildman–Crippen MR) is 147 cm³/mol. The van der Waals surface area contributed by atoms with Gasteiger partial charge < -0.3 is 15.5 Å². The van der Waals surface area contributed by atoms with E-state index in [4.69, 9.17) is 5.10 Å². The third-order valence-corrected chi connectivity index (χ3v) is 6.00. The summed E-state index contributed by atoms with van der Waals surface area (Å²) >= 11 is 0. The molecule has 2 aromatic carbocycles. The highest BCUT2D eigenvalue weighted by Gasteiger charge is 2.30. The fourth-order valence-corrected chi connectivity index (χ4v) is 4.02. The molecule has 0 saturated heterocycles. The second kappa shape index (κ2) is 11.5. The lowest BCUT2D eigenvalue weighted by atomic mass is 9.92. The minimum absolute atomic E-state index is 0.0457. The SMILES string of the molecule is Cc1ccc(-n2nc(C(C)(C)C)cc2NC(=O)CN(CC(C)C)C(=O)Nc2ccc(C(F)(F)F)cc2)c(C)c1. The second-order valence-electron chi connectivity index (χ2n) is 11.2. The number of anilines is 2. The van der Waals surface area contributed by atoms with Gasteiger partial charge in [-0.1, -0.05) is 52.3 Å². The number of urea groups is 1. The lowest BCUT2D eigenvalue weighted by Crippen LogP contribution is -2.42. The number of nitrogens with one attached hydrogen (secondary N) is 2. The van der Waals surface area contributed by atoms with Crippen molar-refractivity contribution in [3.63, 3.8) is 0 Å². The van der Waals surface area contributed by atoms with E-state index in [0.717, 1.165) is 34.6 Å². The molecule has 3 rings (SSSR count). The smallest absolute Gasteiger partial charge is 0.315 e. The van der Waals surface area contributed by atoms with Gasteiger partial charge in [-0.05, 0) is 55.7 Å². The monoisotopic (exact) mass is 543 g/mol. The van der Waals surface area contributed by atoms with E-state index < -0.39 is 23.7 Å². The third kappa shape index (κ3) is 7.84. The molecular weight excluding hydrogens is 507 g/mol. The molecular formula is C29H36F3N5O2. The number of hydrogen-bond acceptors (Lipinski definition) is 3. The Balaban J connectivity index is 1.82. The summed E-state index contributed by atoms with van der Waals surface area (Å²) in [5.74, 6) is 0.0958. The Labute approximate surface area is 227 Å². The molecule has 0 aliphatic rings. The van der Waals surface area contributed by atoms with Crippen LogP contribution in [0.15, 0.2) is 48.5 Å². The van der Waals surface area contributed by atoms with E-state index in [0.29, 0.717) is 5.82 Å². The summed E-state index contributed by atoms with van der Waals surface area (Å²) in [7, 11) is 0. The normalized spacial score (nSPS) is 12.0. The summed E-state index contributed by atoms with van der Waals surface area (Å²) in [4.78, 5) is 27.5. The van der Waals surface area contributed by atoms with Crippen molar-refractivity contribution in [3.05, 3.63) is 70.9 Å². The molecule has 2 N–H and O–H groups in total.